The normalized spacial score (nSPS) is 32.4. The molecule has 198 valence electrons. The molecule has 0 aromatic heterocycles. The van der Waals surface area contributed by atoms with Crippen LogP contribution < -0.4 is 0 Å². The van der Waals surface area contributed by atoms with Crippen LogP contribution in [0.25, 0.3) is 0 Å². The molecule has 0 aromatic rings. The van der Waals surface area contributed by atoms with Crippen molar-refractivity contribution >= 4 is 18.1 Å². The van der Waals surface area contributed by atoms with E-state index in [4.69, 9.17) is 14.5 Å². The lowest BCUT2D eigenvalue weighted by Gasteiger charge is -2.35. The highest BCUT2D eigenvalue weighted by atomic mass is 16.5. The van der Waals surface area contributed by atoms with Gasteiger partial charge in [0.25, 0.3) is 0 Å². The van der Waals surface area contributed by atoms with E-state index in [1.54, 1.807) is 7.11 Å². The predicted octanol–water partition coefficient (Wildman–Crippen LogP) is 4.31. The molecule has 1 saturated carbocycles. The minimum Gasteiger partial charge on any atom is -0.498 e. The van der Waals surface area contributed by atoms with Crippen molar-refractivity contribution in [1.29, 1.82) is 0 Å². The third-order valence-corrected chi connectivity index (χ3v) is 8.92. The van der Waals surface area contributed by atoms with Gasteiger partial charge in [0.05, 0.1) is 25.5 Å². The van der Waals surface area contributed by atoms with Crippen LogP contribution in [0.5, 0.6) is 0 Å². The molecule has 0 radical (unpaired) electrons. The van der Waals surface area contributed by atoms with Crippen LogP contribution in [0, 0.1) is 29.1 Å². The molecule has 0 aromatic carbocycles. The van der Waals surface area contributed by atoms with Gasteiger partial charge in [-0.2, -0.15) is 0 Å². The maximum Gasteiger partial charge on any atom is 0.226 e. The summed E-state index contributed by atoms with van der Waals surface area (Å²) in [5.74, 6) is 5.21. The summed E-state index contributed by atoms with van der Waals surface area (Å²) in [6, 6.07) is 0. The van der Waals surface area contributed by atoms with Gasteiger partial charge in [0.15, 0.2) is 0 Å². The highest BCUT2D eigenvalue weighted by molar-refractivity contribution is 5.91. The van der Waals surface area contributed by atoms with Crippen LogP contribution in [-0.2, 0) is 14.3 Å². The number of ether oxygens (including phenoxy) is 2. The van der Waals surface area contributed by atoms with E-state index in [9.17, 15) is 4.79 Å². The average molecular weight is 497 g/mol. The number of carbonyl (C=O) groups excluding carboxylic acids is 1. The van der Waals surface area contributed by atoms with Crippen molar-refractivity contribution in [3.05, 3.63) is 23.5 Å². The van der Waals surface area contributed by atoms with Gasteiger partial charge in [-0.15, -0.1) is 0 Å². The molecule has 0 N–H and O–H groups in total. The highest BCUT2D eigenvalue weighted by Crippen LogP contribution is 2.50. The number of methoxy groups -OCH3 is 1. The molecule has 3 fully saturated rings. The summed E-state index contributed by atoms with van der Waals surface area (Å²) in [4.78, 5) is 26.1. The van der Waals surface area contributed by atoms with Crippen molar-refractivity contribution < 1.29 is 14.3 Å². The van der Waals surface area contributed by atoms with Crippen molar-refractivity contribution in [1.82, 2.24) is 9.80 Å². The SMILES string of the molecule is COCC1(C)C=NC(N2CCC(C3CC3CCOC3=CC=C(CC(=O)N4CCC4)C(C)C3)CC2)=NC1. The molecule has 3 aliphatic heterocycles. The molecule has 1 amide bonds. The van der Waals surface area contributed by atoms with Crippen molar-refractivity contribution in [2.75, 3.05) is 53.0 Å². The van der Waals surface area contributed by atoms with Crippen LogP contribution in [0.4, 0.5) is 0 Å². The van der Waals surface area contributed by atoms with Gasteiger partial charge < -0.3 is 19.3 Å². The number of amides is 1. The molecule has 5 rings (SSSR count). The first-order valence-corrected chi connectivity index (χ1v) is 14.1. The molecular formula is C29H44N4O3. The van der Waals surface area contributed by atoms with Gasteiger partial charge in [-0.3, -0.25) is 9.79 Å². The third-order valence-electron chi connectivity index (χ3n) is 8.92. The number of carbonyl (C=O) groups is 1. The lowest BCUT2D eigenvalue weighted by Crippen LogP contribution is -2.42. The topological polar surface area (TPSA) is 66.7 Å². The Labute approximate surface area is 216 Å². The van der Waals surface area contributed by atoms with Crippen molar-refractivity contribution in [2.24, 2.45) is 39.1 Å². The summed E-state index contributed by atoms with van der Waals surface area (Å²) in [7, 11) is 1.74. The number of likely N-dealkylation sites (tertiary alicyclic amines) is 2. The zero-order chi connectivity index (χ0) is 25.1. The molecule has 7 nitrogen and oxygen atoms in total. The van der Waals surface area contributed by atoms with Crippen LogP contribution in [0.2, 0.25) is 0 Å². The Morgan fingerprint density at radius 1 is 1.19 bits per heavy atom. The standard InChI is InChI=1S/C29H44N4O3/c1-21-15-25(6-5-23(21)17-27(34)32-10-4-11-32)36-14-9-24-16-26(24)22-7-12-33(13-8-22)28-30-18-29(2,19-31-28)20-35-3/h5-6,18,21-22,24,26H,4,7-17,19-20H2,1-3H3. The lowest BCUT2D eigenvalue weighted by molar-refractivity contribution is -0.133. The number of allylic oxidation sites excluding steroid dienone is 3. The third kappa shape index (κ3) is 6.04. The van der Waals surface area contributed by atoms with Crippen molar-refractivity contribution in [3.8, 4) is 0 Å². The number of hydrogen-bond acceptors (Lipinski definition) is 6. The molecule has 3 heterocycles. The molecule has 0 bridgehead atoms. The van der Waals surface area contributed by atoms with E-state index in [1.807, 2.05) is 11.1 Å². The summed E-state index contributed by atoms with van der Waals surface area (Å²) >= 11 is 0. The molecule has 4 unspecified atom stereocenters. The van der Waals surface area contributed by atoms with Crippen LogP contribution in [0.3, 0.4) is 0 Å². The largest absolute Gasteiger partial charge is 0.498 e. The van der Waals surface area contributed by atoms with E-state index in [0.717, 1.165) is 88.1 Å². The molecule has 7 heteroatoms. The smallest absolute Gasteiger partial charge is 0.226 e. The van der Waals surface area contributed by atoms with E-state index in [1.165, 1.54) is 24.8 Å². The minimum absolute atomic E-state index is 0.0724. The second kappa shape index (κ2) is 11.1. The van der Waals surface area contributed by atoms with Gasteiger partial charge in [0.2, 0.25) is 11.9 Å². The van der Waals surface area contributed by atoms with Crippen LogP contribution in [-0.4, -0.2) is 80.9 Å². The molecular weight excluding hydrogens is 452 g/mol. The first-order chi connectivity index (χ1) is 17.4. The average Bonchev–Trinajstić information content (AvgIpc) is 3.60. The molecule has 2 aliphatic carbocycles. The Morgan fingerprint density at radius 3 is 2.64 bits per heavy atom. The Balaban J connectivity index is 0.992. The Hall–Kier alpha value is -2.15. The van der Waals surface area contributed by atoms with E-state index >= 15 is 0 Å². The van der Waals surface area contributed by atoms with E-state index < -0.39 is 0 Å². The molecule has 2 saturated heterocycles. The summed E-state index contributed by atoms with van der Waals surface area (Å²) in [5, 5.41) is 0. The second-order valence-corrected chi connectivity index (χ2v) is 12.0. The summed E-state index contributed by atoms with van der Waals surface area (Å²) < 4.78 is 11.5. The summed E-state index contributed by atoms with van der Waals surface area (Å²) in [6.45, 7) is 10.6. The fraction of sp³-hybridized carbons (Fsp3) is 0.759. The quantitative estimate of drug-likeness (QED) is 0.477. The van der Waals surface area contributed by atoms with E-state index in [0.29, 0.717) is 18.9 Å². The van der Waals surface area contributed by atoms with Gasteiger partial charge in [-0.1, -0.05) is 25.5 Å². The number of rotatable bonds is 9. The first kappa shape index (κ1) is 25.5. The van der Waals surface area contributed by atoms with Crippen LogP contribution in [0.15, 0.2) is 33.5 Å². The lowest BCUT2D eigenvalue weighted by atomic mass is 9.89. The molecule has 5 aliphatic rings. The number of nitrogens with zero attached hydrogens (tertiary/aromatic N) is 4. The second-order valence-electron chi connectivity index (χ2n) is 12.0. The van der Waals surface area contributed by atoms with Gasteiger partial charge in [-0.25, -0.2) is 4.99 Å². The number of aliphatic imine (C=N–C) groups is 2. The monoisotopic (exact) mass is 496 g/mol. The van der Waals surface area contributed by atoms with Gasteiger partial charge in [0, 0.05) is 57.8 Å². The molecule has 4 atom stereocenters. The number of hydrogen-bond donors (Lipinski definition) is 0. The Morgan fingerprint density at radius 2 is 2.00 bits per heavy atom. The number of piperidine rings is 1. The van der Waals surface area contributed by atoms with Gasteiger partial charge >= 0.3 is 0 Å². The predicted molar refractivity (Wildman–Crippen MR) is 143 cm³/mol. The highest BCUT2D eigenvalue weighted by Gasteiger charge is 2.43. The van der Waals surface area contributed by atoms with Crippen LogP contribution in [0.1, 0.15) is 58.8 Å². The molecule has 36 heavy (non-hydrogen) atoms. The van der Waals surface area contributed by atoms with E-state index in [2.05, 4.69) is 35.9 Å². The number of guanidine groups is 1. The van der Waals surface area contributed by atoms with Gasteiger partial charge in [-0.05, 0) is 61.9 Å². The van der Waals surface area contributed by atoms with Gasteiger partial charge in [0.1, 0.15) is 0 Å². The van der Waals surface area contributed by atoms with Crippen molar-refractivity contribution in [2.45, 2.75) is 58.8 Å². The maximum atomic E-state index is 12.3. The summed E-state index contributed by atoms with van der Waals surface area (Å²) in [5.41, 5.74) is 1.18. The fourth-order valence-corrected chi connectivity index (χ4v) is 6.25. The first-order valence-electron chi connectivity index (χ1n) is 14.1. The molecule has 0 spiro atoms. The zero-order valence-corrected chi connectivity index (χ0v) is 22.5. The Kier molecular flexibility index (Phi) is 7.85. The maximum absolute atomic E-state index is 12.3. The zero-order valence-electron chi connectivity index (χ0n) is 22.5. The Bertz CT molecular complexity index is 929. The minimum atomic E-state index is -0.0724. The summed E-state index contributed by atoms with van der Waals surface area (Å²) in [6.07, 6.45) is 13.9. The fourth-order valence-electron chi connectivity index (χ4n) is 6.25. The van der Waals surface area contributed by atoms with Crippen molar-refractivity contribution in [3.63, 3.8) is 0 Å². The van der Waals surface area contributed by atoms with Crippen LogP contribution >= 0.6 is 0 Å². The van der Waals surface area contributed by atoms with E-state index in [-0.39, 0.29) is 11.3 Å².